The van der Waals surface area contributed by atoms with Crippen molar-refractivity contribution in [1.29, 1.82) is 0 Å². The van der Waals surface area contributed by atoms with E-state index >= 15 is 0 Å². The van der Waals surface area contributed by atoms with E-state index in [2.05, 4.69) is 10.6 Å². The molecule has 0 rings (SSSR count). The molecule has 0 amide bonds. The Morgan fingerprint density at radius 1 is 0.958 bits per heavy atom. The maximum absolute atomic E-state index is 10.1. The molecule has 0 aliphatic rings. The number of hydrogen-bond donors (Lipinski definition) is 3. The third-order valence-corrected chi connectivity index (χ3v) is 1.50. The van der Waals surface area contributed by atoms with Crippen LogP contribution in [0.1, 0.15) is 33.6 Å². The van der Waals surface area contributed by atoms with Crippen LogP contribution in [0.5, 0.6) is 0 Å². The standard InChI is InChI=1S/C8H16N2O4.C2H4O.C2H6.CH2O2.2Na/c11-7(12)1-3-9-5-6-10-4-2-8(13)14;1-2-3;1-2;2-1-3;;/h9-10H,1-6H2,(H,11,12)(H,13,14);2H,1H3;1-2H3;1H,(H,2,3);;/q;;;;2*+1/p-2. The fourth-order valence-electron chi connectivity index (χ4n) is 0.813. The maximum Gasteiger partial charge on any atom is 1.00 e. The van der Waals surface area contributed by atoms with E-state index in [9.17, 15) is 14.7 Å². The van der Waals surface area contributed by atoms with E-state index in [0.29, 0.717) is 26.2 Å². The Morgan fingerprint density at radius 3 is 1.50 bits per heavy atom. The van der Waals surface area contributed by atoms with Crippen LogP contribution in [-0.4, -0.2) is 56.0 Å². The van der Waals surface area contributed by atoms with Crippen molar-refractivity contribution >= 4 is 24.7 Å². The van der Waals surface area contributed by atoms with Gasteiger partial charge in [0.15, 0.2) is 0 Å². The number of nitrogens with one attached hydrogen (secondary N) is 2. The van der Waals surface area contributed by atoms with Gasteiger partial charge in [0.25, 0.3) is 0 Å². The van der Waals surface area contributed by atoms with Crippen molar-refractivity contribution in [2.75, 3.05) is 26.2 Å². The number of aliphatic carboxylic acids is 2. The number of carbonyl (C=O) groups is 4. The Balaban J connectivity index is -0.0000000691. The summed E-state index contributed by atoms with van der Waals surface area (Å²) < 4.78 is 0. The average Bonchev–Trinajstić information content (AvgIpc) is 2.45. The first kappa shape index (κ1) is 39.2. The zero-order valence-electron chi connectivity index (χ0n) is 15.3. The van der Waals surface area contributed by atoms with Gasteiger partial charge in [0, 0.05) is 38.6 Å². The predicted molar refractivity (Wildman–Crippen MR) is 76.8 cm³/mol. The molecule has 0 atom stereocenters. The topological polar surface area (TPSA) is 159 Å². The Bertz CT molecular complexity index is 245. The monoisotopic (exact) mass is 368 g/mol. The van der Waals surface area contributed by atoms with Crippen molar-refractivity contribution in [3.05, 3.63) is 0 Å². The van der Waals surface area contributed by atoms with Gasteiger partial charge in [-0.1, -0.05) is 13.8 Å². The van der Waals surface area contributed by atoms with Crippen LogP contribution < -0.4 is 80.0 Å². The van der Waals surface area contributed by atoms with E-state index in [-0.39, 0.29) is 72.0 Å². The normalized spacial score (nSPS) is 7.12. The number of rotatable bonds is 9. The smallest absolute Gasteiger partial charge is 0.554 e. The first-order valence-corrected chi connectivity index (χ1v) is 6.74. The van der Waals surface area contributed by atoms with Crippen LogP contribution in [0, 0.1) is 0 Å². The van der Waals surface area contributed by atoms with Crippen molar-refractivity contribution in [1.82, 2.24) is 10.6 Å². The molecule has 132 valence electrons. The zero-order chi connectivity index (χ0) is 18.2. The summed E-state index contributed by atoms with van der Waals surface area (Å²) in [6.07, 6.45) is 0.841. The fraction of sp³-hybridized carbons (Fsp3) is 0.692. The molecule has 0 radical (unpaired) electrons. The van der Waals surface area contributed by atoms with Crippen LogP contribution >= 0.6 is 0 Å². The summed E-state index contributed by atoms with van der Waals surface area (Å²) in [6.45, 7) is 6.99. The molecule has 11 heteroatoms. The fourth-order valence-corrected chi connectivity index (χ4v) is 0.813. The molecule has 0 heterocycles. The molecule has 0 aliphatic carbocycles. The second-order valence-corrected chi connectivity index (χ2v) is 3.10. The second kappa shape index (κ2) is 43.5. The summed E-state index contributed by atoms with van der Waals surface area (Å²) in [6, 6.07) is 0. The van der Waals surface area contributed by atoms with Crippen LogP contribution in [0.2, 0.25) is 0 Å². The first-order valence-electron chi connectivity index (χ1n) is 6.74. The van der Waals surface area contributed by atoms with Crippen molar-refractivity contribution in [2.45, 2.75) is 33.6 Å². The first-order chi connectivity index (χ1) is 10.5. The van der Waals surface area contributed by atoms with E-state index in [1.165, 1.54) is 6.92 Å². The molecule has 24 heavy (non-hydrogen) atoms. The molecule has 0 bridgehead atoms. The molecule has 0 aromatic rings. The zero-order valence-corrected chi connectivity index (χ0v) is 19.3. The predicted octanol–water partition coefficient (Wildman–Crippen LogP) is -8.61. The van der Waals surface area contributed by atoms with E-state index in [1.807, 2.05) is 13.8 Å². The maximum atomic E-state index is 10.1. The van der Waals surface area contributed by atoms with Gasteiger partial charge >= 0.3 is 65.1 Å². The van der Waals surface area contributed by atoms with Gasteiger partial charge in [-0.25, -0.2) is 0 Å². The van der Waals surface area contributed by atoms with E-state index in [0.717, 1.165) is 6.29 Å². The number of carboxylic acids is 2. The van der Waals surface area contributed by atoms with Gasteiger partial charge in [0.2, 0.25) is 0 Å². The molecule has 0 aromatic carbocycles. The van der Waals surface area contributed by atoms with Crippen molar-refractivity contribution < 1.29 is 93.6 Å². The molecule has 3 N–H and O–H groups in total. The minimum absolute atomic E-state index is 0. The van der Waals surface area contributed by atoms with Gasteiger partial charge in [0.05, 0.1) is 6.42 Å². The van der Waals surface area contributed by atoms with Gasteiger partial charge < -0.3 is 40.3 Å². The van der Waals surface area contributed by atoms with Crippen molar-refractivity contribution in [2.24, 2.45) is 0 Å². The Hall–Kier alpha value is -0.000000000000000444. The third kappa shape index (κ3) is 80.2. The van der Waals surface area contributed by atoms with E-state index in [4.69, 9.17) is 19.8 Å². The molecule has 9 nitrogen and oxygen atoms in total. The third-order valence-electron chi connectivity index (χ3n) is 1.50. The number of carboxylic acid groups (broad SMARTS) is 3. The Kier molecular flexibility index (Phi) is 71.0. The summed E-state index contributed by atoms with van der Waals surface area (Å²) >= 11 is 0. The van der Waals surface area contributed by atoms with E-state index < -0.39 is 18.4 Å². The number of carbonyl (C=O) groups excluding carboxylic acids is 3. The summed E-state index contributed by atoms with van der Waals surface area (Å²) in [7, 11) is 0. The molecule has 0 saturated carbocycles. The molecule has 0 aliphatic heterocycles. The van der Waals surface area contributed by atoms with Gasteiger partial charge in [0.1, 0.15) is 6.29 Å². The molecule has 0 fully saturated rings. The number of hydrogen-bond acceptors (Lipinski definition) is 8. The molecule has 0 aromatic heterocycles. The van der Waals surface area contributed by atoms with Crippen LogP contribution in [-0.2, 0) is 19.2 Å². The quantitative estimate of drug-likeness (QED) is 0.204. The van der Waals surface area contributed by atoms with Crippen LogP contribution in [0.15, 0.2) is 0 Å². The summed E-state index contributed by atoms with van der Waals surface area (Å²) in [4.78, 5) is 37.1. The SMILES string of the molecule is CC.CC=O.O=C([O-])CCNCCNCCC(=O)O.O=C[O-].[Na+].[Na+]. The molecular formula is C13H26N2Na2O7. The molecular weight excluding hydrogens is 342 g/mol. The van der Waals surface area contributed by atoms with Crippen LogP contribution in [0.4, 0.5) is 0 Å². The summed E-state index contributed by atoms with van der Waals surface area (Å²) in [5, 5.41) is 32.3. The van der Waals surface area contributed by atoms with Gasteiger partial charge in [-0.2, -0.15) is 0 Å². The minimum Gasteiger partial charge on any atom is -0.554 e. The largest absolute Gasteiger partial charge is 1.00 e. The number of aldehydes is 1. The van der Waals surface area contributed by atoms with Crippen molar-refractivity contribution in [3.8, 4) is 0 Å². The van der Waals surface area contributed by atoms with Crippen LogP contribution in [0.3, 0.4) is 0 Å². The molecule has 0 saturated heterocycles. The average molecular weight is 368 g/mol. The van der Waals surface area contributed by atoms with Crippen molar-refractivity contribution in [3.63, 3.8) is 0 Å². The van der Waals surface area contributed by atoms with Gasteiger partial charge in [-0.15, -0.1) is 0 Å². The van der Waals surface area contributed by atoms with E-state index in [1.54, 1.807) is 0 Å². The summed E-state index contributed by atoms with van der Waals surface area (Å²) in [5.41, 5.74) is 0. The van der Waals surface area contributed by atoms with Gasteiger partial charge in [-0.05, 0) is 13.3 Å². The minimum atomic E-state index is -1.07. The summed E-state index contributed by atoms with van der Waals surface area (Å²) in [5.74, 6) is -1.90. The molecule has 0 spiro atoms. The van der Waals surface area contributed by atoms with Crippen LogP contribution in [0.25, 0.3) is 0 Å². The second-order valence-electron chi connectivity index (χ2n) is 3.10. The van der Waals surface area contributed by atoms with Gasteiger partial charge in [-0.3, -0.25) is 4.79 Å². The Labute approximate surface area is 187 Å². The Morgan fingerprint density at radius 2 is 1.25 bits per heavy atom. The molecule has 0 unspecified atom stereocenters.